The Morgan fingerprint density at radius 2 is 2.00 bits per heavy atom. The molecule has 1 saturated heterocycles. The normalized spacial score (nSPS) is 16.3. The van der Waals surface area contributed by atoms with E-state index in [2.05, 4.69) is 42.9 Å². The van der Waals surface area contributed by atoms with Gasteiger partial charge in [-0.3, -0.25) is 4.90 Å². The summed E-state index contributed by atoms with van der Waals surface area (Å²) in [5.74, 6) is 2.43. The van der Waals surface area contributed by atoms with Crippen LogP contribution in [0.5, 0.6) is 0 Å². The third-order valence-corrected chi connectivity index (χ3v) is 4.99. The molecule has 0 saturated carbocycles. The zero-order chi connectivity index (χ0) is 15.8. The summed E-state index contributed by atoms with van der Waals surface area (Å²) in [6.45, 7) is 8.45. The molecule has 120 valence electrons. The second-order valence-electron chi connectivity index (χ2n) is 5.77. The predicted octanol–water partition coefficient (Wildman–Crippen LogP) is 2.01. The standard InChI is InChI=1S/C15H18N6OS/c1-10-7-12-14(16-9-17-15(12)23-10)21-5-3-20(4-6-21)8-13-18-11(2)19-22-13/h7,9H,3-6,8H2,1-2H3. The number of fused-ring (bicyclic) bond motifs is 1. The van der Waals surface area contributed by atoms with Gasteiger partial charge in [0.25, 0.3) is 0 Å². The molecule has 0 aliphatic carbocycles. The van der Waals surface area contributed by atoms with Gasteiger partial charge in [0.15, 0.2) is 5.82 Å². The molecule has 1 aliphatic rings. The van der Waals surface area contributed by atoms with Crippen molar-refractivity contribution in [2.24, 2.45) is 0 Å². The quantitative estimate of drug-likeness (QED) is 0.727. The van der Waals surface area contributed by atoms with Crippen LogP contribution in [0.15, 0.2) is 16.9 Å². The van der Waals surface area contributed by atoms with Gasteiger partial charge in [0, 0.05) is 31.1 Å². The molecule has 0 aromatic carbocycles. The number of hydrogen-bond acceptors (Lipinski definition) is 8. The molecule has 0 N–H and O–H groups in total. The van der Waals surface area contributed by atoms with Gasteiger partial charge < -0.3 is 9.42 Å². The van der Waals surface area contributed by atoms with E-state index in [9.17, 15) is 0 Å². The van der Waals surface area contributed by atoms with Gasteiger partial charge in [-0.05, 0) is 19.9 Å². The van der Waals surface area contributed by atoms with Gasteiger partial charge in [0.2, 0.25) is 5.89 Å². The maximum atomic E-state index is 5.20. The fourth-order valence-electron chi connectivity index (χ4n) is 2.93. The van der Waals surface area contributed by atoms with E-state index in [1.54, 1.807) is 17.7 Å². The van der Waals surface area contributed by atoms with Gasteiger partial charge in [-0.2, -0.15) is 4.98 Å². The van der Waals surface area contributed by atoms with E-state index in [0.29, 0.717) is 18.3 Å². The number of piperazine rings is 1. The number of rotatable bonds is 3. The molecule has 4 rings (SSSR count). The van der Waals surface area contributed by atoms with Crippen molar-refractivity contribution in [1.29, 1.82) is 0 Å². The zero-order valence-electron chi connectivity index (χ0n) is 13.2. The van der Waals surface area contributed by atoms with Crippen molar-refractivity contribution in [1.82, 2.24) is 25.0 Å². The lowest BCUT2D eigenvalue weighted by Crippen LogP contribution is -2.46. The molecule has 0 amide bonds. The summed E-state index contributed by atoms with van der Waals surface area (Å²) in [5, 5.41) is 5.01. The van der Waals surface area contributed by atoms with Crippen LogP contribution in [0.1, 0.15) is 16.6 Å². The van der Waals surface area contributed by atoms with E-state index in [-0.39, 0.29) is 0 Å². The number of aromatic nitrogens is 4. The first-order valence-electron chi connectivity index (χ1n) is 7.67. The Morgan fingerprint density at radius 1 is 1.17 bits per heavy atom. The second kappa shape index (κ2) is 5.86. The van der Waals surface area contributed by atoms with Crippen LogP contribution in [0.25, 0.3) is 10.2 Å². The Morgan fingerprint density at radius 3 is 2.74 bits per heavy atom. The molecule has 0 bridgehead atoms. The molecular weight excluding hydrogens is 312 g/mol. The van der Waals surface area contributed by atoms with Gasteiger partial charge >= 0.3 is 0 Å². The highest BCUT2D eigenvalue weighted by Crippen LogP contribution is 2.30. The van der Waals surface area contributed by atoms with Crippen LogP contribution in [-0.2, 0) is 6.54 Å². The topological polar surface area (TPSA) is 71.2 Å². The third kappa shape index (κ3) is 2.91. The smallest absolute Gasteiger partial charge is 0.240 e. The first-order valence-corrected chi connectivity index (χ1v) is 8.48. The highest BCUT2D eigenvalue weighted by molar-refractivity contribution is 7.18. The summed E-state index contributed by atoms with van der Waals surface area (Å²) >= 11 is 1.72. The van der Waals surface area contributed by atoms with Crippen LogP contribution in [0, 0.1) is 13.8 Å². The van der Waals surface area contributed by atoms with E-state index in [1.807, 2.05) is 6.92 Å². The largest absolute Gasteiger partial charge is 0.353 e. The minimum atomic E-state index is 0.689. The van der Waals surface area contributed by atoms with Crippen LogP contribution < -0.4 is 4.90 Å². The van der Waals surface area contributed by atoms with Crippen LogP contribution in [0.3, 0.4) is 0 Å². The number of anilines is 1. The molecule has 7 nitrogen and oxygen atoms in total. The number of aryl methyl sites for hydroxylation is 2. The van der Waals surface area contributed by atoms with Crippen molar-refractivity contribution in [3.8, 4) is 0 Å². The van der Waals surface area contributed by atoms with E-state index < -0.39 is 0 Å². The number of nitrogens with zero attached hydrogens (tertiary/aromatic N) is 6. The molecule has 4 heterocycles. The van der Waals surface area contributed by atoms with Crippen LogP contribution in [0.4, 0.5) is 5.82 Å². The first-order chi connectivity index (χ1) is 11.2. The maximum Gasteiger partial charge on any atom is 0.240 e. The molecule has 0 unspecified atom stereocenters. The summed E-state index contributed by atoms with van der Waals surface area (Å²) in [4.78, 5) is 20.2. The highest BCUT2D eigenvalue weighted by Gasteiger charge is 2.21. The van der Waals surface area contributed by atoms with E-state index >= 15 is 0 Å². The zero-order valence-corrected chi connectivity index (χ0v) is 14.0. The molecular formula is C15H18N6OS. The minimum absolute atomic E-state index is 0.689. The van der Waals surface area contributed by atoms with Crippen LogP contribution in [0.2, 0.25) is 0 Å². The Labute approximate surface area is 138 Å². The fraction of sp³-hybridized carbons (Fsp3) is 0.467. The van der Waals surface area contributed by atoms with Gasteiger partial charge in [-0.25, -0.2) is 9.97 Å². The van der Waals surface area contributed by atoms with E-state index in [0.717, 1.165) is 42.2 Å². The SMILES string of the molecule is Cc1noc(CN2CCN(c3ncnc4sc(C)cc34)CC2)n1. The van der Waals surface area contributed by atoms with Crippen molar-refractivity contribution in [3.63, 3.8) is 0 Å². The van der Waals surface area contributed by atoms with Gasteiger partial charge in [0.05, 0.1) is 11.9 Å². The Bertz CT molecular complexity index is 820. The second-order valence-corrected chi connectivity index (χ2v) is 7.01. The van der Waals surface area contributed by atoms with Gasteiger partial charge in [-0.1, -0.05) is 5.16 Å². The van der Waals surface area contributed by atoms with Gasteiger partial charge in [-0.15, -0.1) is 11.3 Å². The average molecular weight is 330 g/mol. The van der Waals surface area contributed by atoms with E-state index in [4.69, 9.17) is 4.52 Å². The molecule has 1 aliphatic heterocycles. The van der Waals surface area contributed by atoms with Crippen LogP contribution >= 0.6 is 11.3 Å². The molecule has 23 heavy (non-hydrogen) atoms. The molecule has 8 heteroatoms. The van der Waals surface area contributed by atoms with Crippen molar-refractivity contribution < 1.29 is 4.52 Å². The Kier molecular flexibility index (Phi) is 3.70. The predicted molar refractivity (Wildman–Crippen MR) is 88.7 cm³/mol. The highest BCUT2D eigenvalue weighted by atomic mass is 32.1. The van der Waals surface area contributed by atoms with Crippen molar-refractivity contribution in [2.75, 3.05) is 31.1 Å². The number of hydrogen-bond donors (Lipinski definition) is 0. The summed E-state index contributed by atoms with van der Waals surface area (Å²) in [7, 11) is 0. The summed E-state index contributed by atoms with van der Waals surface area (Å²) in [5.41, 5.74) is 0. The lowest BCUT2D eigenvalue weighted by molar-refractivity contribution is 0.215. The molecule has 0 radical (unpaired) electrons. The average Bonchev–Trinajstić information content (AvgIpc) is 3.12. The lowest BCUT2D eigenvalue weighted by Gasteiger charge is -2.34. The first kappa shape index (κ1) is 14.5. The molecule has 3 aromatic heterocycles. The molecule has 1 fully saturated rings. The Hall–Kier alpha value is -2.06. The van der Waals surface area contributed by atoms with Crippen molar-refractivity contribution >= 4 is 27.4 Å². The van der Waals surface area contributed by atoms with Crippen molar-refractivity contribution in [2.45, 2.75) is 20.4 Å². The van der Waals surface area contributed by atoms with Crippen LogP contribution in [-0.4, -0.2) is 51.2 Å². The summed E-state index contributed by atoms with van der Waals surface area (Å²) < 4.78 is 5.20. The lowest BCUT2D eigenvalue weighted by atomic mass is 10.2. The third-order valence-electron chi connectivity index (χ3n) is 4.03. The van der Waals surface area contributed by atoms with Crippen molar-refractivity contribution in [3.05, 3.63) is 29.0 Å². The maximum absolute atomic E-state index is 5.20. The molecule has 3 aromatic rings. The molecule has 0 atom stereocenters. The molecule has 0 spiro atoms. The number of thiophene rings is 1. The fourth-order valence-corrected chi connectivity index (χ4v) is 3.77. The Balaban J connectivity index is 1.46. The monoisotopic (exact) mass is 330 g/mol. The summed E-state index contributed by atoms with van der Waals surface area (Å²) in [6.07, 6.45) is 1.67. The van der Waals surface area contributed by atoms with Gasteiger partial charge in [0.1, 0.15) is 17.0 Å². The minimum Gasteiger partial charge on any atom is -0.353 e. The summed E-state index contributed by atoms with van der Waals surface area (Å²) in [6, 6.07) is 2.18. The van der Waals surface area contributed by atoms with E-state index in [1.165, 1.54) is 4.88 Å².